The Morgan fingerprint density at radius 1 is 0.889 bits per heavy atom. The first-order valence-corrected chi connectivity index (χ1v) is 6.25. The maximum absolute atomic E-state index is 13.7. The van der Waals surface area contributed by atoms with Crippen LogP contribution >= 0.6 is 15.9 Å². The molecule has 94 valence electrons. The first-order valence-electron chi connectivity index (χ1n) is 5.34. The maximum atomic E-state index is 13.7. The van der Waals surface area contributed by atoms with E-state index in [-0.39, 0.29) is 5.56 Å². The first kappa shape index (κ1) is 13.1. The summed E-state index contributed by atoms with van der Waals surface area (Å²) in [5.41, 5.74) is 1.42. The highest BCUT2D eigenvalue weighted by molar-refractivity contribution is 9.09. The molecule has 0 saturated carbocycles. The summed E-state index contributed by atoms with van der Waals surface area (Å²) in [6, 6.07) is 7.86. The standard InChI is InChI=1S/C14H10BrF3/c1-8-2-5-12(17)11(6-8)14(15)10-4-3-9(16)7-13(10)18/h2-7,14H,1H3. The van der Waals surface area contributed by atoms with E-state index in [2.05, 4.69) is 15.9 Å². The van der Waals surface area contributed by atoms with Crippen LogP contribution in [0.1, 0.15) is 21.5 Å². The first-order chi connectivity index (χ1) is 8.49. The van der Waals surface area contributed by atoms with Crippen molar-refractivity contribution in [1.29, 1.82) is 0 Å². The van der Waals surface area contributed by atoms with Crippen LogP contribution in [0.25, 0.3) is 0 Å². The molecular formula is C14H10BrF3. The fourth-order valence-electron chi connectivity index (χ4n) is 1.73. The zero-order valence-electron chi connectivity index (χ0n) is 9.55. The zero-order chi connectivity index (χ0) is 13.3. The predicted molar refractivity (Wildman–Crippen MR) is 68.3 cm³/mol. The van der Waals surface area contributed by atoms with Crippen LogP contribution < -0.4 is 0 Å². The van der Waals surface area contributed by atoms with Crippen molar-refractivity contribution in [2.45, 2.75) is 11.8 Å². The Hall–Kier alpha value is -1.29. The van der Waals surface area contributed by atoms with Crippen molar-refractivity contribution in [2.24, 2.45) is 0 Å². The Morgan fingerprint density at radius 3 is 2.28 bits per heavy atom. The van der Waals surface area contributed by atoms with Gasteiger partial charge in [-0.2, -0.15) is 0 Å². The lowest BCUT2D eigenvalue weighted by Crippen LogP contribution is -2.00. The van der Waals surface area contributed by atoms with Crippen molar-refractivity contribution < 1.29 is 13.2 Å². The Balaban J connectivity index is 2.47. The number of rotatable bonds is 2. The van der Waals surface area contributed by atoms with Crippen molar-refractivity contribution in [3.8, 4) is 0 Å². The van der Waals surface area contributed by atoms with Crippen molar-refractivity contribution >= 4 is 15.9 Å². The Morgan fingerprint density at radius 2 is 1.61 bits per heavy atom. The summed E-state index contributed by atoms with van der Waals surface area (Å²) in [5, 5.41) is 0. The molecule has 0 aromatic heterocycles. The molecule has 0 saturated heterocycles. The number of aryl methyl sites for hydroxylation is 1. The van der Waals surface area contributed by atoms with Gasteiger partial charge < -0.3 is 0 Å². The fourth-order valence-corrected chi connectivity index (χ4v) is 2.45. The van der Waals surface area contributed by atoms with E-state index < -0.39 is 22.3 Å². The van der Waals surface area contributed by atoms with E-state index in [1.807, 2.05) is 6.92 Å². The average Bonchev–Trinajstić information content (AvgIpc) is 2.31. The normalized spacial score (nSPS) is 12.5. The molecule has 2 aromatic carbocycles. The molecule has 18 heavy (non-hydrogen) atoms. The summed E-state index contributed by atoms with van der Waals surface area (Å²) < 4.78 is 40.1. The molecule has 0 aliphatic carbocycles. The van der Waals surface area contributed by atoms with Gasteiger partial charge in [0.1, 0.15) is 17.5 Å². The molecule has 0 aliphatic rings. The maximum Gasteiger partial charge on any atom is 0.130 e. The summed E-state index contributed by atoms with van der Waals surface area (Å²) >= 11 is 3.25. The minimum atomic E-state index is -0.696. The van der Waals surface area contributed by atoms with E-state index in [0.717, 1.165) is 17.7 Å². The molecule has 0 heterocycles. The quantitative estimate of drug-likeness (QED) is 0.692. The fraction of sp³-hybridized carbons (Fsp3) is 0.143. The molecule has 2 rings (SSSR count). The highest BCUT2D eigenvalue weighted by Gasteiger charge is 2.18. The number of benzene rings is 2. The second kappa shape index (κ2) is 5.14. The van der Waals surface area contributed by atoms with Gasteiger partial charge in [-0.3, -0.25) is 0 Å². The molecule has 0 amide bonds. The Bertz CT molecular complexity index is 581. The van der Waals surface area contributed by atoms with Crippen LogP contribution in [0, 0.1) is 24.4 Å². The van der Waals surface area contributed by atoms with Gasteiger partial charge in [-0.1, -0.05) is 39.7 Å². The molecule has 0 spiro atoms. The van der Waals surface area contributed by atoms with Gasteiger partial charge in [0.2, 0.25) is 0 Å². The molecule has 0 radical (unpaired) electrons. The van der Waals surface area contributed by atoms with E-state index in [4.69, 9.17) is 0 Å². The molecule has 0 nitrogen and oxygen atoms in total. The second-order valence-electron chi connectivity index (χ2n) is 4.05. The molecule has 0 fully saturated rings. The third kappa shape index (κ3) is 2.58. The van der Waals surface area contributed by atoms with Crippen LogP contribution in [0.2, 0.25) is 0 Å². The van der Waals surface area contributed by atoms with Gasteiger partial charge in [0.15, 0.2) is 0 Å². The van der Waals surface area contributed by atoms with E-state index in [1.165, 1.54) is 12.1 Å². The lowest BCUT2D eigenvalue weighted by atomic mass is 10.0. The Labute approximate surface area is 112 Å². The highest BCUT2D eigenvalue weighted by Crippen LogP contribution is 2.34. The van der Waals surface area contributed by atoms with E-state index in [0.29, 0.717) is 5.56 Å². The largest absolute Gasteiger partial charge is 0.207 e. The van der Waals surface area contributed by atoms with Crippen LogP contribution in [0.5, 0.6) is 0 Å². The molecule has 0 N–H and O–H groups in total. The SMILES string of the molecule is Cc1ccc(F)c(C(Br)c2ccc(F)cc2F)c1. The van der Waals surface area contributed by atoms with Crippen molar-refractivity contribution in [2.75, 3.05) is 0 Å². The topological polar surface area (TPSA) is 0 Å². The van der Waals surface area contributed by atoms with Crippen LogP contribution in [-0.2, 0) is 0 Å². The zero-order valence-corrected chi connectivity index (χ0v) is 11.1. The number of hydrogen-bond donors (Lipinski definition) is 0. The summed E-state index contributed by atoms with van der Waals surface area (Å²) in [4.78, 5) is -0.641. The van der Waals surface area contributed by atoms with Gasteiger partial charge in [-0.25, -0.2) is 13.2 Å². The van der Waals surface area contributed by atoms with Gasteiger partial charge in [0, 0.05) is 17.2 Å². The van der Waals surface area contributed by atoms with Crippen LogP contribution in [-0.4, -0.2) is 0 Å². The van der Waals surface area contributed by atoms with Crippen molar-refractivity contribution in [1.82, 2.24) is 0 Å². The molecule has 1 unspecified atom stereocenters. The molecule has 0 aliphatic heterocycles. The van der Waals surface area contributed by atoms with Gasteiger partial charge in [-0.15, -0.1) is 0 Å². The lowest BCUT2D eigenvalue weighted by Gasteiger charge is -2.13. The van der Waals surface area contributed by atoms with Gasteiger partial charge in [-0.05, 0) is 19.1 Å². The number of alkyl halides is 1. The summed E-state index contributed by atoms with van der Waals surface area (Å²) in [7, 11) is 0. The van der Waals surface area contributed by atoms with Gasteiger partial charge >= 0.3 is 0 Å². The highest BCUT2D eigenvalue weighted by atomic mass is 79.9. The third-order valence-corrected chi connectivity index (χ3v) is 3.65. The van der Waals surface area contributed by atoms with Gasteiger partial charge in [0.05, 0.1) is 4.83 Å². The van der Waals surface area contributed by atoms with Gasteiger partial charge in [0.25, 0.3) is 0 Å². The second-order valence-corrected chi connectivity index (χ2v) is 4.97. The summed E-state index contributed by atoms with van der Waals surface area (Å²) in [5.74, 6) is -1.77. The van der Waals surface area contributed by atoms with E-state index in [9.17, 15) is 13.2 Å². The van der Waals surface area contributed by atoms with Crippen LogP contribution in [0.3, 0.4) is 0 Å². The molecule has 1 atom stereocenters. The predicted octanol–water partition coefficient (Wildman–Crippen LogP) is 4.90. The molecule has 2 aromatic rings. The third-order valence-electron chi connectivity index (χ3n) is 2.66. The van der Waals surface area contributed by atoms with E-state index in [1.54, 1.807) is 12.1 Å². The molecule has 4 heteroatoms. The molecule has 0 bridgehead atoms. The average molecular weight is 315 g/mol. The minimum absolute atomic E-state index is 0.209. The van der Waals surface area contributed by atoms with Crippen molar-refractivity contribution in [3.63, 3.8) is 0 Å². The summed E-state index contributed by atoms with van der Waals surface area (Å²) in [6.45, 7) is 1.82. The lowest BCUT2D eigenvalue weighted by molar-refractivity contribution is 0.571. The van der Waals surface area contributed by atoms with Crippen LogP contribution in [0.4, 0.5) is 13.2 Å². The Kier molecular flexibility index (Phi) is 3.76. The number of hydrogen-bond acceptors (Lipinski definition) is 0. The number of halogens is 4. The molecular weight excluding hydrogens is 305 g/mol. The van der Waals surface area contributed by atoms with Crippen LogP contribution in [0.15, 0.2) is 36.4 Å². The van der Waals surface area contributed by atoms with E-state index >= 15 is 0 Å². The summed E-state index contributed by atoms with van der Waals surface area (Å²) in [6.07, 6.45) is 0. The monoisotopic (exact) mass is 314 g/mol. The smallest absolute Gasteiger partial charge is 0.130 e. The minimum Gasteiger partial charge on any atom is -0.207 e. The van der Waals surface area contributed by atoms with Crippen molar-refractivity contribution in [3.05, 3.63) is 70.5 Å².